The molecule has 128 valence electrons. The zero-order valence-electron chi connectivity index (χ0n) is 13.2. The topological polar surface area (TPSA) is 79.8 Å². The van der Waals surface area contributed by atoms with Crippen molar-refractivity contribution in [2.45, 2.75) is 0 Å². The van der Waals surface area contributed by atoms with Gasteiger partial charge in [0.15, 0.2) is 0 Å². The molecule has 0 atom stereocenters. The monoisotopic (exact) mass is 401 g/mol. The molecule has 0 aliphatic rings. The third-order valence-corrected chi connectivity index (χ3v) is 3.41. The maximum Gasteiger partial charge on any atom is 0.329 e. The Morgan fingerprint density at radius 2 is 1.92 bits per heavy atom. The minimum Gasteiger partial charge on any atom is -0.490 e. The van der Waals surface area contributed by atoms with Crippen molar-refractivity contribution in [2.24, 2.45) is 5.10 Å². The Labute approximate surface area is 153 Å². The van der Waals surface area contributed by atoms with Gasteiger partial charge in [0.05, 0.1) is 6.21 Å². The fourth-order valence-electron chi connectivity index (χ4n) is 1.78. The van der Waals surface area contributed by atoms with Gasteiger partial charge in [-0.1, -0.05) is 34.7 Å². The van der Waals surface area contributed by atoms with E-state index in [4.69, 9.17) is 4.74 Å². The van der Waals surface area contributed by atoms with Crippen LogP contribution >= 0.6 is 15.9 Å². The number of halogens is 1. The highest BCUT2D eigenvalue weighted by molar-refractivity contribution is 9.10. The number of benzene rings is 2. The standard InChI is InChI=1S/C18H16BrN3O3/c1-2-10-25-16-8-6-13(7-9-16)12-20-22-18(24)17(23)21-15-5-3-4-14(19)11-15/h2-9,11-12H,1,10H2,(H,21,23)(H,22,24)/b20-12-. The number of hydrazone groups is 1. The summed E-state index contributed by atoms with van der Waals surface area (Å²) in [6.07, 6.45) is 3.09. The lowest BCUT2D eigenvalue weighted by Gasteiger charge is -2.04. The second-order valence-corrected chi connectivity index (χ2v) is 5.75. The number of carbonyl (C=O) groups excluding carboxylic acids is 2. The normalized spacial score (nSPS) is 10.3. The number of ether oxygens (including phenoxy) is 1. The van der Waals surface area contributed by atoms with Crippen LogP contribution in [-0.2, 0) is 9.59 Å². The number of rotatable bonds is 6. The van der Waals surface area contributed by atoms with E-state index in [1.807, 2.05) is 6.07 Å². The van der Waals surface area contributed by atoms with Crippen LogP contribution in [0.1, 0.15) is 5.56 Å². The van der Waals surface area contributed by atoms with E-state index in [1.165, 1.54) is 6.21 Å². The fourth-order valence-corrected chi connectivity index (χ4v) is 2.17. The molecule has 7 heteroatoms. The first-order valence-corrected chi connectivity index (χ1v) is 8.11. The van der Waals surface area contributed by atoms with Gasteiger partial charge in [-0.05, 0) is 48.0 Å². The van der Waals surface area contributed by atoms with E-state index >= 15 is 0 Å². The quantitative estimate of drug-likeness (QED) is 0.337. The van der Waals surface area contributed by atoms with Crippen molar-refractivity contribution in [3.63, 3.8) is 0 Å². The van der Waals surface area contributed by atoms with Crippen LogP contribution in [0.2, 0.25) is 0 Å². The number of nitrogens with zero attached hydrogens (tertiary/aromatic N) is 1. The second-order valence-electron chi connectivity index (χ2n) is 4.83. The average molecular weight is 402 g/mol. The van der Waals surface area contributed by atoms with Gasteiger partial charge in [0.25, 0.3) is 0 Å². The van der Waals surface area contributed by atoms with Gasteiger partial charge in [0, 0.05) is 10.2 Å². The molecule has 0 unspecified atom stereocenters. The van der Waals surface area contributed by atoms with Crippen LogP contribution in [0.3, 0.4) is 0 Å². The van der Waals surface area contributed by atoms with Crippen LogP contribution in [0.5, 0.6) is 5.75 Å². The summed E-state index contributed by atoms with van der Waals surface area (Å²) < 4.78 is 6.16. The third kappa shape index (κ3) is 6.23. The predicted molar refractivity (Wildman–Crippen MR) is 101 cm³/mol. The van der Waals surface area contributed by atoms with Gasteiger partial charge < -0.3 is 10.1 Å². The summed E-state index contributed by atoms with van der Waals surface area (Å²) in [5.41, 5.74) is 3.43. The summed E-state index contributed by atoms with van der Waals surface area (Å²) in [5, 5.41) is 6.24. The van der Waals surface area contributed by atoms with Gasteiger partial charge >= 0.3 is 11.8 Å². The molecule has 0 bridgehead atoms. The molecule has 2 aromatic carbocycles. The van der Waals surface area contributed by atoms with E-state index in [2.05, 4.69) is 38.4 Å². The van der Waals surface area contributed by atoms with E-state index in [9.17, 15) is 9.59 Å². The first-order valence-electron chi connectivity index (χ1n) is 7.32. The number of hydrogen-bond acceptors (Lipinski definition) is 4. The van der Waals surface area contributed by atoms with Crippen molar-refractivity contribution < 1.29 is 14.3 Å². The van der Waals surface area contributed by atoms with Crippen LogP contribution in [0, 0.1) is 0 Å². The van der Waals surface area contributed by atoms with Gasteiger partial charge in [-0.3, -0.25) is 9.59 Å². The van der Waals surface area contributed by atoms with Crippen molar-refractivity contribution in [3.8, 4) is 5.75 Å². The van der Waals surface area contributed by atoms with Crippen molar-refractivity contribution in [1.29, 1.82) is 0 Å². The zero-order valence-corrected chi connectivity index (χ0v) is 14.8. The molecule has 6 nitrogen and oxygen atoms in total. The fraction of sp³-hybridized carbons (Fsp3) is 0.0556. The highest BCUT2D eigenvalue weighted by Crippen LogP contribution is 2.15. The number of carbonyl (C=O) groups is 2. The van der Waals surface area contributed by atoms with Crippen LogP contribution < -0.4 is 15.5 Å². The zero-order chi connectivity index (χ0) is 18.1. The van der Waals surface area contributed by atoms with Gasteiger partial charge in [0.1, 0.15) is 12.4 Å². The lowest BCUT2D eigenvalue weighted by molar-refractivity contribution is -0.136. The molecule has 0 aliphatic carbocycles. The number of anilines is 1. The van der Waals surface area contributed by atoms with E-state index in [-0.39, 0.29) is 0 Å². The largest absolute Gasteiger partial charge is 0.490 e. The molecule has 2 amide bonds. The first kappa shape index (κ1) is 18.4. The molecule has 0 spiro atoms. The minimum atomic E-state index is -0.859. The summed E-state index contributed by atoms with van der Waals surface area (Å²) in [6.45, 7) is 4.00. The molecule has 0 heterocycles. The molecule has 0 fully saturated rings. The van der Waals surface area contributed by atoms with Gasteiger partial charge in [-0.2, -0.15) is 5.10 Å². The van der Waals surface area contributed by atoms with Gasteiger partial charge in [-0.25, -0.2) is 5.43 Å². The smallest absolute Gasteiger partial charge is 0.329 e. The molecule has 0 radical (unpaired) electrons. The summed E-state index contributed by atoms with van der Waals surface area (Å²) in [6, 6.07) is 14.0. The number of amides is 2. The first-order chi connectivity index (χ1) is 12.1. The molecule has 0 saturated carbocycles. The number of hydrogen-bond donors (Lipinski definition) is 2. The van der Waals surface area contributed by atoms with E-state index < -0.39 is 11.8 Å². The summed E-state index contributed by atoms with van der Waals surface area (Å²) in [5.74, 6) is -0.958. The Hall–Kier alpha value is -2.93. The van der Waals surface area contributed by atoms with Crippen molar-refractivity contribution >= 4 is 39.6 Å². The van der Waals surface area contributed by atoms with Crippen molar-refractivity contribution in [1.82, 2.24) is 5.43 Å². The third-order valence-electron chi connectivity index (χ3n) is 2.92. The summed E-state index contributed by atoms with van der Waals surface area (Å²) in [4.78, 5) is 23.5. The minimum absolute atomic E-state index is 0.427. The van der Waals surface area contributed by atoms with Gasteiger partial charge in [0.2, 0.25) is 0 Å². The van der Waals surface area contributed by atoms with Gasteiger partial charge in [-0.15, -0.1) is 0 Å². The van der Waals surface area contributed by atoms with E-state index in [0.29, 0.717) is 18.0 Å². The number of nitrogens with one attached hydrogen (secondary N) is 2. The maximum atomic E-state index is 11.8. The average Bonchev–Trinajstić information content (AvgIpc) is 2.61. The Balaban J connectivity index is 1.85. The van der Waals surface area contributed by atoms with E-state index in [1.54, 1.807) is 48.5 Å². The van der Waals surface area contributed by atoms with Crippen LogP contribution in [0.25, 0.3) is 0 Å². The Bertz CT molecular complexity index is 788. The molecule has 25 heavy (non-hydrogen) atoms. The molecule has 2 rings (SSSR count). The highest BCUT2D eigenvalue weighted by atomic mass is 79.9. The Morgan fingerprint density at radius 3 is 2.60 bits per heavy atom. The summed E-state index contributed by atoms with van der Waals surface area (Å²) >= 11 is 3.29. The summed E-state index contributed by atoms with van der Waals surface area (Å²) in [7, 11) is 0. The lowest BCUT2D eigenvalue weighted by Crippen LogP contribution is -2.32. The molecular weight excluding hydrogens is 386 g/mol. The van der Waals surface area contributed by atoms with Crippen LogP contribution in [0.15, 0.2) is 70.8 Å². The Morgan fingerprint density at radius 1 is 1.16 bits per heavy atom. The highest BCUT2D eigenvalue weighted by Gasteiger charge is 2.12. The van der Waals surface area contributed by atoms with Crippen molar-refractivity contribution in [2.75, 3.05) is 11.9 Å². The maximum absolute atomic E-state index is 11.8. The SMILES string of the molecule is C=CCOc1ccc(/C=N\NC(=O)C(=O)Nc2cccc(Br)c2)cc1. The Kier molecular flexibility index (Phi) is 6.91. The van der Waals surface area contributed by atoms with Crippen molar-refractivity contribution in [3.05, 3.63) is 71.2 Å². The molecule has 0 aliphatic heterocycles. The molecule has 0 saturated heterocycles. The van der Waals surface area contributed by atoms with Crippen LogP contribution in [-0.4, -0.2) is 24.6 Å². The van der Waals surface area contributed by atoms with E-state index in [0.717, 1.165) is 10.0 Å². The second kappa shape index (κ2) is 9.39. The predicted octanol–water partition coefficient (Wildman–Crippen LogP) is 3.10. The molecule has 2 aromatic rings. The lowest BCUT2D eigenvalue weighted by atomic mass is 10.2. The molecular formula is C18H16BrN3O3. The molecule has 2 N–H and O–H groups in total. The molecule has 0 aromatic heterocycles. The van der Waals surface area contributed by atoms with Crippen LogP contribution in [0.4, 0.5) is 5.69 Å².